The highest BCUT2D eigenvalue weighted by Gasteiger charge is 2.14. The Labute approximate surface area is 110 Å². The summed E-state index contributed by atoms with van der Waals surface area (Å²) in [7, 11) is 0. The van der Waals surface area contributed by atoms with Crippen LogP contribution in [0.4, 0.5) is 0 Å². The third-order valence-electron chi connectivity index (χ3n) is 3.38. The van der Waals surface area contributed by atoms with Crippen LogP contribution in [0.25, 0.3) is 0 Å². The Bertz CT molecular complexity index is 338. The van der Waals surface area contributed by atoms with Gasteiger partial charge in [-0.2, -0.15) is 0 Å². The first-order valence-corrected chi connectivity index (χ1v) is 7.67. The van der Waals surface area contributed by atoms with E-state index in [0.29, 0.717) is 5.41 Å². The third-order valence-corrected chi connectivity index (χ3v) is 4.61. The standard InChI is InChI=1S/C15H25NS/c1-15(2,3)8-5-9-16-11-13-10-12-6-4-7-14(12)17-13/h10,16H,4-9,11H2,1-3H3. The van der Waals surface area contributed by atoms with Crippen LogP contribution in [0.15, 0.2) is 6.07 Å². The first kappa shape index (κ1) is 13.1. The van der Waals surface area contributed by atoms with Crippen LogP contribution in [0.1, 0.15) is 55.4 Å². The Kier molecular flexibility index (Phi) is 4.26. The van der Waals surface area contributed by atoms with E-state index < -0.39 is 0 Å². The van der Waals surface area contributed by atoms with Gasteiger partial charge in [-0.1, -0.05) is 20.8 Å². The van der Waals surface area contributed by atoms with Gasteiger partial charge >= 0.3 is 0 Å². The summed E-state index contributed by atoms with van der Waals surface area (Å²) in [4.78, 5) is 3.18. The number of nitrogens with one attached hydrogen (secondary N) is 1. The van der Waals surface area contributed by atoms with Crippen molar-refractivity contribution >= 4 is 11.3 Å². The second-order valence-electron chi connectivity index (χ2n) is 6.36. The van der Waals surface area contributed by atoms with E-state index in [1.54, 1.807) is 10.4 Å². The Morgan fingerprint density at radius 3 is 2.82 bits per heavy atom. The summed E-state index contributed by atoms with van der Waals surface area (Å²) in [5, 5.41) is 3.57. The molecule has 0 amide bonds. The molecule has 0 spiro atoms. The summed E-state index contributed by atoms with van der Waals surface area (Å²) in [6.07, 6.45) is 6.61. The van der Waals surface area contributed by atoms with Gasteiger partial charge in [-0.25, -0.2) is 0 Å². The quantitative estimate of drug-likeness (QED) is 0.775. The van der Waals surface area contributed by atoms with Crippen LogP contribution in [0.5, 0.6) is 0 Å². The van der Waals surface area contributed by atoms with Gasteiger partial charge in [0.25, 0.3) is 0 Å². The van der Waals surface area contributed by atoms with Gasteiger partial charge in [0.2, 0.25) is 0 Å². The maximum absolute atomic E-state index is 3.57. The van der Waals surface area contributed by atoms with Crippen LogP contribution >= 0.6 is 11.3 Å². The summed E-state index contributed by atoms with van der Waals surface area (Å²) in [6.45, 7) is 9.17. The van der Waals surface area contributed by atoms with Gasteiger partial charge in [0.1, 0.15) is 0 Å². The van der Waals surface area contributed by atoms with E-state index in [1.807, 2.05) is 11.3 Å². The van der Waals surface area contributed by atoms with Crippen molar-refractivity contribution in [3.8, 4) is 0 Å². The molecule has 0 saturated carbocycles. The van der Waals surface area contributed by atoms with Crippen molar-refractivity contribution < 1.29 is 0 Å². The van der Waals surface area contributed by atoms with E-state index in [-0.39, 0.29) is 0 Å². The zero-order valence-corrected chi connectivity index (χ0v) is 12.3. The summed E-state index contributed by atoms with van der Waals surface area (Å²) in [5.74, 6) is 0. The van der Waals surface area contributed by atoms with Gasteiger partial charge < -0.3 is 5.32 Å². The molecule has 0 saturated heterocycles. The molecule has 0 aliphatic heterocycles. The summed E-state index contributed by atoms with van der Waals surface area (Å²) >= 11 is 2.02. The Hall–Kier alpha value is -0.340. The predicted molar refractivity (Wildman–Crippen MR) is 76.7 cm³/mol. The second-order valence-corrected chi connectivity index (χ2v) is 7.58. The number of hydrogen-bond donors (Lipinski definition) is 1. The van der Waals surface area contributed by atoms with Gasteiger partial charge in [0, 0.05) is 16.3 Å². The average molecular weight is 251 g/mol. The van der Waals surface area contributed by atoms with Crippen molar-refractivity contribution in [3.63, 3.8) is 0 Å². The van der Waals surface area contributed by atoms with E-state index in [4.69, 9.17) is 0 Å². The fourth-order valence-electron chi connectivity index (χ4n) is 2.43. The van der Waals surface area contributed by atoms with Crippen molar-refractivity contribution in [2.24, 2.45) is 5.41 Å². The van der Waals surface area contributed by atoms with Gasteiger partial charge in [0.05, 0.1) is 0 Å². The SMILES string of the molecule is CC(C)(C)CCCNCc1cc2c(s1)CCC2. The lowest BCUT2D eigenvalue weighted by molar-refractivity contribution is 0.361. The molecule has 0 bridgehead atoms. The highest BCUT2D eigenvalue weighted by atomic mass is 32.1. The molecule has 0 radical (unpaired) electrons. The van der Waals surface area contributed by atoms with Crippen molar-refractivity contribution in [1.82, 2.24) is 5.32 Å². The van der Waals surface area contributed by atoms with Crippen LogP contribution in [0.2, 0.25) is 0 Å². The van der Waals surface area contributed by atoms with Crippen LogP contribution in [-0.4, -0.2) is 6.54 Å². The average Bonchev–Trinajstić information content (AvgIpc) is 2.75. The van der Waals surface area contributed by atoms with Gasteiger partial charge in [-0.3, -0.25) is 0 Å². The van der Waals surface area contributed by atoms with E-state index in [9.17, 15) is 0 Å². The van der Waals surface area contributed by atoms with Crippen LogP contribution in [0.3, 0.4) is 0 Å². The zero-order chi connectivity index (χ0) is 12.3. The minimum absolute atomic E-state index is 0.478. The summed E-state index contributed by atoms with van der Waals surface area (Å²) < 4.78 is 0. The molecule has 1 aliphatic carbocycles. The highest BCUT2D eigenvalue weighted by molar-refractivity contribution is 7.12. The maximum Gasteiger partial charge on any atom is 0.0299 e. The highest BCUT2D eigenvalue weighted by Crippen LogP contribution is 2.30. The molecule has 1 nitrogen and oxygen atoms in total. The second kappa shape index (κ2) is 5.53. The maximum atomic E-state index is 3.57. The molecule has 1 aliphatic rings. The fourth-order valence-corrected chi connectivity index (χ4v) is 3.66. The summed E-state index contributed by atoms with van der Waals surface area (Å²) in [5.41, 5.74) is 2.10. The topological polar surface area (TPSA) is 12.0 Å². The molecule has 0 unspecified atom stereocenters. The molecule has 1 heterocycles. The van der Waals surface area contributed by atoms with E-state index in [2.05, 4.69) is 32.2 Å². The van der Waals surface area contributed by atoms with Crippen molar-refractivity contribution in [1.29, 1.82) is 0 Å². The number of aryl methyl sites for hydroxylation is 2. The molecular formula is C15H25NS. The Morgan fingerprint density at radius 2 is 2.12 bits per heavy atom. The molecule has 0 atom stereocenters. The molecule has 1 aromatic rings. The minimum atomic E-state index is 0.478. The van der Waals surface area contributed by atoms with Gasteiger partial charge in [0.15, 0.2) is 0 Å². The predicted octanol–water partition coefficient (Wildman–Crippen LogP) is 4.15. The molecule has 96 valence electrons. The molecule has 0 aromatic carbocycles. The van der Waals surface area contributed by atoms with Crippen molar-refractivity contribution in [2.75, 3.05) is 6.54 Å². The van der Waals surface area contributed by atoms with Crippen LogP contribution in [0, 0.1) is 5.41 Å². The largest absolute Gasteiger partial charge is 0.312 e. The molecule has 17 heavy (non-hydrogen) atoms. The van der Waals surface area contributed by atoms with Crippen molar-refractivity contribution in [3.05, 3.63) is 21.4 Å². The van der Waals surface area contributed by atoms with E-state index in [1.165, 1.54) is 37.0 Å². The first-order chi connectivity index (χ1) is 8.04. The number of thiophene rings is 1. The third kappa shape index (κ3) is 4.11. The van der Waals surface area contributed by atoms with E-state index >= 15 is 0 Å². The lowest BCUT2D eigenvalue weighted by Gasteiger charge is -2.17. The fraction of sp³-hybridized carbons (Fsp3) is 0.733. The normalized spacial score (nSPS) is 15.2. The lowest BCUT2D eigenvalue weighted by Crippen LogP contribution is -2.16. The monoisotopic (exact) mass is 251 g/mol. The van der Waals surface area contributed by atoms with Crippen LogP contribution < -0.4 is 5.32 Å². The zero-order valence-electron chi connectivity index (χ0n) is 11.4. The number of rotatable bonds is 5. The van der Waals surface area contributed by atoms with Crippen LogP contribution in [-0.2, 0) is 19.4 Å². The minimum Gasteiger partial charge on any atom is -0.312 e. The lowest BCUT2D eigenvalue weighted by atomic mass is 9.91. The Balaban J connectivity index is 1.65. The molecule has 0 fully saturated rings. The first-order valence-electron chi connectivity index (χ1n) is 6.86. The van der Waals surface area contributed by atoms with Gasteiger partial charge in [-0.15, -0.1) is 11.3 Å². The van der Waals surface area contributed by atoms with E-state index in [0.717, 1.165) is 13.1 Å². The molecule has 1 N–H and O–H groups in total. The van der Waals surface area contributed by atoms with Gasteiger partial charge in [-0.05, 0) is 55.7 Å². The van der Waals surface area contributed by atoms with Crippen molar-refractivity contribution in [2.45, 2.75) is 59.4 Å². The molecular weight excluding hydrogens is 226 g/mol. The number of fused-ring (bicyclic) bond motifs is 1. The molecule has 1 aromatic heterocycles. The molecule has 2 heteroatoms. The number of hydrogen-bond acceptors (Lipinski definition) is 2. The Morgan fingerprint density at radius 1 is 1.29 bits per heavy atom. The smallest absolute Gasteiger partial charge is 0.0299 e. The summed E-state index contributed by atoms with van der Waals surface area (Å²) in [6, 6.07) is 2.42. The molecule has 2 rings (SSSR count).